The molecule has 0 radical (unpaired) electrons. The van der Waals surface area contributed by atoms with Crippen LogP contribution in [0.3, 0.4) is 0 Å². The number of imide groups is 1. The van der Waals surface area contributed by atoms with Crippen LogP contribution in [0.1, 0.15) is 36.4 Å². The van der Waals surface area contributed by atoms with Crippen molar-refractivity contribution in [3.05, 3.63) is 69.0 Å². The Balaban J connectivity index is 1.47. The van der Waals surface area contributed by atoms with Gasteiger partial charge in [0.1, 0.15) is 11.6 Å². The van der Waals surface area contributed by atoms with Crippen molar-refractivity contribution >= 4 is 51.4 Å². The minimum atomic E-state index is -0.828. The van der Waals surface area contributed by atoms with Gasteiger partial charge in [0.15, 0.2) is 0 Å². The highest BCUT2D eigenvalue weighted by molar-refractivity contribution is 7.80. The van der Waals surface area contributed by atoms with Gasteiger partial charge in [0.25, 0.3) is 11.5 Å². The summed E-state index contributed by atoms with van der Waals surface area (Å²) in [6, 6.07) is 12.2. The summed E-state index contributed by atoms with van der Waals surface area (Å²) in [7, 11) is 0. The van der Waals surface area contributed by atoms with Crippen LogP contribution in [0.4, 0.5) is 0 Å². The molecule has 9 heteroatoms. The second-order valence-electron chi connectivity index (χ2n) is 7.50. The summed E-state index contributed by atoms with van der Waals surface area (Å²) in [5.74, 6) is -0.877. The van der Waals surface area contributed by atoms with Gasteiger partial charge >= 0.3 is 0 Å². The third-order valence-electron chi connectivity index (χ3n) is 5.24. The average molecular weight is 455 g/mol. The molecule has 0 aliphatic carbocycles. The maximum absolute atomic E-state index is 12.8. The molecule has 1 atom stereocenters. The number of thiocarbonyl (C=S) groups is 1. The molecule has 1 aliphatic heterocycles. The number of carbonyl (C=O) groups is 2. The van der Waals surface area contributed by atoms with Crippen LogP contribution >= 0.6 is 23.8 Å². The Morgan fingerprint density at radius 3 is 2.77 bits per heavy atom. The number of piperidine rings is 1. The first-order valence-electron chi connectivity index (χ1n) is 9.88. The topological polar surface area (TPSA) is 93.9 Å². The van der Waals surface area contributed by atoms with Gasteiger partial charge < -0.3 is 0 Å². The van der Waals surface area contributed by atoms with E-state index in [4.69, 9.17) is 23.8 Å². The van der Waals surface area contributed by atoms with E-state index in [1.807, 2.05) is 36.4 Å². The summed E-state index contributed by atoms with van der Waals surface area (Å²) in [4.78, 5) is 37.2. The Hall–Kier alpha value is -2.97. The first-order valence-corrected chi connectivity index (χ1v) is 10.7. The van der Waals surface area contributed by atoms with Crippen LogP contribution in [0, 0.1) is 0 Å². The lowest BCUT2D eigenvalue weighted by atomic mass is 10.0. The SMILES string of the molecule is O=C1CCC(n2nnc3cc(CCC(=S)Cc4cccc(Cl)c4)ccc3c2=O)C(=O)N1. The zero-order chi connectivity index (χ0) is 22.0. The molecule has 2 aromatic carbocycles. The summed E-state index contributed by atoms with van der Waals surface area (Å²) >= 11 is 11.5. The fourth-order valence-electron chi connectivity index (χ4n) is 3.62. The molecule has 0 bridgehead atoms. The van der Waals surface area contributed by atoms with Crippen LogP contribution in [0.15, 0.2) is 47.3 Å². The van der Waals surface area contributed by atoms with Crippen molar-refractivity contribution in [3.63, 3.8) is 0 Å². The lowest BCUT2D eigenvalue weighted by Crippen LogP contribution is -2.45. The van der Waals surface area contributed by atoms with E-state index >= 15 is 0 Å². The lowest BCUT2D eigenvalue weighted by molar-refractivity contribution is -0.136. The smallest absolute Gasteiger partial charge is 0.278 e. The van der Waals surface area contributed by atoms with Gasteiger partial charge in [-0.15, -0.1) is 5.10 Å². The van der Waals surface area contributed by atoms with Gasteiger partial charge in [0, 0.05) is 17.9 Å². The molecule has 1 saturated heterocycles. The van der Waals surface area contributed by atoms with Crippen LogP contribution in [-0.4, -0.2) is 31.7 Å². The van der Waals surface area contributed by atoms with Crippen molar-refractivity contribution in [2.45, 2.75) is 38.1 Å². The molecule has 2 amide bonds. The third-order valence-corrected chi connectivity index (χ3v) is 5.82. The number of hydrogen-bond acceptors (Lipinski definition) is 6. The number of benzene rings is 2. The van der Waals surface area contributed by atoms with E-state index in [-0.39, 0.29) is 18.7 Å². The van der Waals surface area contributed by atoms with E-state index in [0.29, 0.717) is 35.2 Å². The number of hydrogen-bond donors (Lipinski definition) is 1. The molecule has 2 heterocycles. The van der Waals surface area contributed by atoms with Gasteiger partial charge in [-0.2, -0.15) is 4.68 Å². The first kappa shape index (κ1) is 21.3. The fraction of sp³-hybridized carbons (Fsp3) is 0.273. The van der Waals surface area contributed by atoms with Crippen molar-refractivity contribution in [1.82, 2.24) is 20.3 Å². The van der Waals surface area contributed by atoms with E-state index in [0.717, 1.165) is 20.7 Å². The van der Waals surface area contributed by atoms with Gasteiger partial charge in [-0.05, 0) is 59.5 Å². The van der Waals surface area contributed by atoms with Crippen LogP contribution in [0.5, 0.6) is 0 Å². The van der Waals surface area contributed by atoms with E-state index in [1.165, 1.54) is 0 Å². The van der Waals surface area contributed by atoms with E-state index in [2.05, 4.69) is 15.6 Å². The molecule has 1 N–H and O–H groups in total. The van der Waals surface area contributed by atoms with Crippen LogP contribution in [0.25, 0.3) is 10.9 Å². The molecule has 1 aliphatic rings. The number of carbonyl (C=O) groups excluding carboxylic acids is 2. The zero-order valence-corrected chi connectivity index (χ0v) is 18.1. The van der Waals surface area contributed by atoms with Gasteiger partial charge in [0.05, 0.1) is 5.39 Å². The molecule has 3 aromatic rings. The molecule has 7 nitrogen and oxygen atoms in total. The molecule has 4 rings (SSSR count). The second kappa shape index (κ2) is 9.03. The maximum atomic E-state index is 12.8. The van der Waals surface area contributed by atoms with Crippen molar-refractivity contribution < 1.29 is 9.59 Å². The minimum absolute atomic E-state index is 0.163. The summed E-state index contributed by atoms with van der Waals surface area (Å²) in [5.41, 5.74) is 2.14. The molecule has 1 unspecified atom stereocenters. The normalized spacial score (nSPS) is 16.4. The van der Waals surface area contributed by atoms with Crippen molar-refractivity contribution in [3.8, 4) is 0 Å². The highest BCUT2D eigenvalue weighted by Gasteiger charge is 2.30. The number of halogens is 1. The fourth-order valence-corrected chi connectivity index (χ4v) is 4.10. The summed E-state index contributed by atoms with van der Waals surface area (Å²) in [6.45, 7) is 0. The Kier molecular flexibility index (Phi) is 6.20. The quantitative estimate of drug-likeness (QED) is 0.454. The number of nitrogens with one attached hydrogen (secondary N) is 1. The Bertz CT molecular complexity index is 1260. The molecule has 0 saturated carbocycles. The number of fused-ring (bicyclic) bond motifs is 1. The Labute approximate surface area is 188 Å². The predicted octanol–water partition coefficient (Wildman–Crippen LogP) is 2.97. The first-order chi connectivity index (χ1) is 14.9. The number of nitrogens with zero attached hydrogens (tertiary/aromatic N) is 3. The van der Waals surface area contributed by atoms with Crippen molar-refractivity contribution in [1.29, 1.82) is 0 Å². The van der Waals surface area contributed by atoms with E-state index in [1.54, 1.807) is 6.07 Å². The number of amides is 2. The predicted molar refractivity (Wildman–Crippen MR) is 121 cm³/mol. The highest BCUT2D eigenvalue weighted by Crippen LogP contribution is 2.18. The monoisotopic (exact) mass is 454 g/mol. The van der Waals surface area contributed by atoms with Crippen LogP contribution in [-0.2, 0) is 22.4 Å². The maximum Gasteiger partial charge on any atom is 0.278 e. The molecule has 1 fully saturated rings. The summed E-state index contributed by atoms with van der Waals surface area (Å²) < 4.78 is 1.06. The van der Waals surface area contributed by atoms with Crippen LogP contribution < -0.4 is 10.9 Å². The van der Waals surface area contributed by atoms with Gasteiger partial charge in [-0.1, -0.05) is 47.2 Å². The molecular weight excluding hydrogens is 436 g/mol. The number of aryl methyl sites for hydroxylation is 1. The van der Waals surface area contributed by atoms with Crippen LogP contribution in [0.2, 0.25) is 5.02 Å². The molecular formula is C22H19ClN4O3S. The molecule has 0 spiro atoms. The van der Waals surface area contributed by atoms with Gasteiger partial charge in [-0.3, -0.25) is 19.7 Å². The highest BCUT2D eigenvalue weighted by atomic mass is 35.5. The standard InChI is InChI=1S/C22H19ClN4O3S/c23-15-3-1-2-14(10-15)11-16(31)6-4-13-5-7-17-18(12-13)25-26-27(22(17)30)19-8-9-20(28)24-21(19)29/h1-3,5,7,10,12,19H,4,6,8-9,11H2,(H,24,28,29). The van der Waals surface area contributed by atoms with Gasteiger partial charge in [0.2, 0.25) is 5.91 Å². The largest absolute Gasteiger partial charge is 0.295 e. The molecule has 158 valence electrons. The van der Waals surface area contributed by atoms with Crippen molar-refractivity contribution in [2.24, 2.45) is 0 Å². The minimum Gasteiger partial charge on any atom is -0.295 e. The summed E-state index contributed by atoms with van der Waals surface area (Å²) in [5, 5.41) is 11.4. The van der Waals surface area contributed by atoms with Gasteiger partial charge in [-0.25, -0.2) is 0 Å². The molecule has 31 heavy (non-hydrogen) atoms. The zero-order valence-electron chi connectivity index (χ0n) is 16.5. The second-order valence-corrected chi connectivity index (χ2v) is 8.52. The number of rotatable bonds is 6. The third kappa shape index (κ3) is 4.86. The van der Waals surface area contributed by atoms with E-state index in [9.17, 15) is 14.4 Å². The van der Waals surface area contributed by atoms with E-state index < -0.39 is 17.5 Å². The Morgan fingerprint density at radius 1 is 1.16 bits per heavy atom. The van der Waals surface area contributed by atoms with Crippen molar-refractivity contribution in [2.75, 3.05) is 0 Å². The lowest BCUT2D eigenvalue weighted by Gasteiger charge is -2.21. The molecule has 1 aromatic heterocycles. The average Bonchev–Trinajstić information content (AvgIpc) is 2.73. The summed E-state index contributed by atoms with van der Waals surface area (Å²) in [6.07, 6.45) is 2.50. The number of aromatic nitrogens is 3. The Morgan fingerprint density at radius 2 is 2.00 bits per heavy atom.